The average molecular weight is 399 g/mol. The van der Waals surface area contributed by atoms with Gasteiger partial charge in [-0.15, -0.1) is 0 Å². The molecule has 0 atom stereocenters. The molecule has 0 saturated heterocycles. The van der Waals surface area contributed by atoms with Crippen molar-refractivity contribution in [1.29, 1.82) is 0 Å². The lowest BCUT2D eigenvalue weighted by Crippen LogP contribution is -2.29. The fraction of sp³-hybridized carbons (Fsp3) is 0.611. The highest BCUT2D eigenvalue weighted by molar-refractivity contribution is 7.99. The van der Waals surface area contributed by atoms with Gasteiger partial charge in [0.25, 0.3) is 5.56 Å². The number of hydrogen-bond acceptors (Lipinski definition) is 4. The lowest BCUT2D eigenvalue weighted by molar-refractivity contribution is 0.626. The van der Waals surface area contributed by atoms with E-state index in [0.29, 0.717) is 22.7 Å². The van der Waals surface area contributed by atoms with Gasteiger partial charge in [-0.3, -0.25) is 14.3 Å². The summed E-state index contributed by atoms with van der Waals surface area (Å²) in [7, 11) is 1.61. The molecule has 0 radical (unpaired) electrons. The van der Waals surface area contributed by atoms with Gasteiger partial charge >= 0.3 is 5.69 Å². The number of fused-ring (bicyclic) bond motifs is 1. The molecule has 0 amide bonds. The van der Waals surface area contributed by atoms with E-state index in [1.54, 1.807) is 25.7 Å². The zero-order chi connectivity index (χ0) is 19.1. The van der Waals surface area contributed by atoms with Crippen LogP contribution in [-0.2, 0) is 13.6 Å². The summed E-state index contributed by atoms with van der Waals surface area (Å²) in [6, 6.07) is 0. The van der Waals surface area contributed by atoms with Crippen molar-refractivity contribution in [2.45, 2.75) is 64.1 Å². The van der Waals surface area contributed by atoms with Gasteiger partial charge in [-0.05, 0) is 13.3 Å². The molecule has 26 heavy (non-hydrogen) atoms. The smallest absolute Gasteiger partial charge is 0.309 e. The molecule has 0 aliphatic heterocycles. The van der Waals surface area contributed by atoms with Crippen LogP contribution in [0.5, 0.6) is 0 Å². The molecular weight excluding hydrogens is 372 g/mol. The van der Waals surface area contributed by atoms with E-state index in [4.69, 9.17) is 11.6 Å². The number of allylic oxidation sites excluding steroid dienone is 2. The van der Waals surface area contributed by atoms with Gasteiger partial charge in [-0.2, -0.15) is 0 Å². The number of halogens is 1. The molecule has 144 valence electrons. The fourth-order valence-electron chi connectivity index (χ4n) is 2.76. The molecule has 2 heterocycles. The van der Waals surface area contributed by atoms with Crippen LogP contribution in [0.25, 0.3) is 11.2 Å². The normalized spacial score (nSPS) is 12.2. The molecule has 0 spiro atoms. The van der Waals surface area contributed by atoms with E-state index in [2.05, 4.69) is 16.9 Å². The minimum absolute atomic E-state index is 0.407. The fourth-order valence-corrected chi connectivity index (χ4v) is 3.83. The summed E-state index contributed by atoms with van der Waals surface area (Å²) >= 11 is 7.58. The van der Waals surface area contributed by atoms with Crippen LogP contribution in [0.3, 0.4) is 0 Å². The van der Waals surface area contributed by atoms with Crippen LogP contribution in [0.1, 0.15) is 52.4 Å². The quantitative estimate of drug-likeness (QED) is 0.484. The Morgan fingerprint density at radius 2 is 1.92 bits per heavy atom. The summed E-state index contributed by atoms with van der Waals surface area (Å²) in [4.78, 5) is 31.1. The van der Waals surface area contributed by atoms with E-state index < -0.39 is 11.2 Å². The molecule has 0 fully saturated rings. The molecular formula is C18H27ClN4O2S. The number of imidazole rings is 1. The Kier molecular flexibility index (Phi) is 8.03. The summed E-state index contributed by atoms with van der Waals surface area (Å²) < 4.78 is 3.21. The van der Waals surface area contributed by atoms with Crippen LogP contribution in [0.4, 0.5) is 0 Å². The molecule has 2 aromatic rings. The van der Waals surface area contributed by atoms with E-state index in [0.717, 1.165) is 17.3 Å². The number of nitrogens with zero attached hydrogens (tertiary/aromatic N) is 3. The number of aromatic nitrogens is 4. The Morgan fingerprint density at radius 1 is 1.23 bits per heavy atom. The Balaban J connectivity index is 2.21. The largest absolute Gasteiger partial charge is 0.329 e. The topological polar surface area (TPSA) is 72.7 Å². The Labute approximate surface area is 162 Å². The Bertz CT molecular complexity index is 878. The third-order valence-corrected chi connectivity index (χ3v) is 5.47. The van der Waals surface area contributed by atoms with E-state index in [1.807, 2.05) is 10.6 Å². The summed E-state index contributed by atoms with van der Waals surface area (Å²) in [5.41, 5.74) is -0.0529. The van der Waals surface area contributed by atoms with Crippen molar-refractivity contribution in [1.82, 2.24) is 19.1 Å². The second-order valence-electron chi connectivity index (χ2n) is 6.40. The molecule has 0 aliphatic carbocycles. The first-order valence-electron chi connectivity index (χ1n) is 9.10. The lowest BCUT2D eigenvalue weighted by Gasteiger charge is -2.06. The highest BCUT2D eigenvalue weighted by atomic mass is 35.5. The second-order valence-corrected chi connectivity index (χ2v) is 8.06. The van der Waals surface area contributed by atoms with Gasteiger partial charge in [0, 0.05) is 24.4 Å². The Hall–Kier alpha value is -1.47. The van der Waals surface area contributed by atoms with Crippen molar-refractivity contribution in [3.8, 4) is 0 Å². The van der Waals surface area contributed by atoms with E-state index >= 15 is 0 Å². The zero-order valence-corrected chi connectivity index (χ0v) is 17.3. The number of rotatable bonds is 10. The van der Waals surface area contributed by atoms with Crippen LogP contribution in [0, 0.1) is 0 Å². The first kappa shape index (κ1) is 20.8. The zero-order valence-electron chi connectivity index (χ0n) is 15.7. The van der Waals surface area contributed by atoms with Crippen LogP contribution in [0.2, 0.25) is 0 Å². The average Bonchev–Trinajstić information content (AvgIpc) is 2.96. The molecule has 0 aromatic carbocycles. The number of unbranched alkanes of at least 4 members (excludes halogenated alkanes) is 5. The maximum absolute atomic E-state index is 12.3. The van der Waals surface area contributed by atoms with Crippen molar-refractivity contribution >= 4 is 34.5 Å². The maximum Gasteiger partial charge on any atom is 0.329 e. The molecule has 1 N–H and O–H groups in total. The molecule has 6 nitrogen and oxygen atoms in total. The number of hydrogen-bond donors (Lipinski definition) is 1. The van der Waals surface area contributed by atoms with E-state index in [1.165, 1.54) is 36.7 Å². The van der Waals surface area contributed by atoms with E-state index in [-0.39, 0.29) is 0 Å². The van der Waals surface area contributed by atoms with Gasteiger partial charge in [0.1, 0.15) is 0 Å². The third-order valence-electron chi connectivity index (χ3n) is 4.26. The third kappa shape index (κ3) is 5.27. The van der Waals surface area contributed by atoms with Crippen molar-refractivity contribution in [2.24, 2.45) is 7.05 Å². The minimum atomic E-state index is -0.455. The first-order valence-corrected chi connectivity index (χ1v) is 10.5. The molecule has 0 bridgehead atoms. The summed E-state index contributed by atoms with van der Waals surface area (Å²) in [6.45, 7) is 4.46. The molecule has 0 saturated carbocycles. The molecule has 0 unspecified atom stereocenters. The van der Waals surface area contributed by atoms with Gasteiger partial charge in [0.2, 0.25) is 0 Å². The van der Waals surface area contributed by atoms with Crippen LogP contribution >= 0.6 is 23.4 Å². The first-order chi connectivity index (χ1) is 12.5. The van der Waals surface area contributed by atoms with Crippen molar-refractivity contribution in [3.63, 3.8) is 0 Å². The van der Waals surface area contributed by atoms with Gasteiger partial charge in [0.05, 0.1) is 0 Å². The number of thioether (sulfide) groups is 1. The number of H-pyrrole nitrogens is 1. The number of nitrogens with one attached hydrogen (secondary N) is 1. The summed E-state index contributed by atoms with van der Waals surface area (Å²) in [5.74, 6) is 0.935. The standard InChI is InChI=1S/C18H27ClN4O2S/c1-4-5-6-7-8-9-12-26-18-20-15-14(23(18)11-10-13(2)19)16(24)21-17(25)22(15)3/h10H,4-9,11-12H2,1-3H3,(H,21,24,25)/b13-10+. The predicted molar refractivity (Wildman–Crippen MR) is 109 cm³/mol. The van der Waals surface area contributed by atoms with Gasteiger partial charge in [0.15, 0.2) is 16.3 Å². The van der Waals surface area contributed by atoms with Crippen molar-refractivity contribution in [3.05, 3.63) is 31.9 Å². The minimum Gasteiger partial charge on any atom is -0.309 e. The summed E-state index contributed by atoms with van der Waals surface area (Å²) in [5, 5.41) is 1.40. The van der Waals surface area contributed by atoms with E-state index in [9.17, 15) is 9.59 Å². The van der Waals surface area contributed by atoms with Crippen LogP contribution < -0.4 is 11.2 Å². The number of aromatic amines is 1. The predicted octanol–water partition coefficient (Wildman–Crippen LogP) is 4.02. The van der Waals surface area contributed by atoms with Gasteiger partial charge in [-0.25, -0.2) is 9.78 Å². The van der Waals surface area contributed by atoms with Gasteiger partial charge in [-0.1, -0.05) is 68.5 Å². The molecule has 8 heteroatoms. The highest BCUT2D eigenvalue weighted by Gasteiger charge is 2.16. The van der Waals surface area contributed by atoms with Crippen molar-refractivity contribution < 1.29 is 0 Å². The molecule has 2 rings (SSSR count). The van der Waals surface area contributed by atoms with Gasteiger partial charge < -0.3 is 4.57 Å². The second kappa shape index (κ2) is 10.0. The number of aryl methyl sites for hydroxylation is 1. The molecule has 0 aliphatic rings. The SMILES string of the molecule is CCCCCCCCSc1nc2c(c(=O)[nH]c(=O)n2C)n1C/C=C(\C)Cl. The van der Waals surface area contributed by atoms with Crippen LogP contribution in [0.15, 0.2) is 25.9 Å². The Morgan fingerprint density at radius 3 is 2.62 bits per heavy atom. The lowest BCUT2D eigenvalue weighted by atomic mass is 10.1. The summed E-state index contributed by atoms with van der Waals surface area (Å²) in [6.07, 6.45) is 9.24. The monoisotopic (exact) mass is 398 g/mol. The maximum atomic E-state index is 12.3. The van der Waals surface area contributed by atoms with Crippen LogP contribution in [-0.4, -0.2) is 24.9 Å². The highest BCUT2D eigenvalue weighted by Crippen LogP contribution is 2.23. The van der Waals surface area contributed by atoms with Crippen molar-refractivity contribution in [2.75, 3.05) is 5.75 Å². The molecule has 2 aromatic heterocycles.